The van der Waals surface area contributed by atoms with E-state index in [1.54, 1.807) is 0 Å². The lowest BCUT2D eigenvalue weighted by Crippen LogP contribution is -2.43. The van der Waals surface area contributed by atoms with Crippen molar-refractivity contribution in [2.75, 3.05) is 13.1 Å². The van der Waals surface area contributed by atoms with Crippen LogP contribution < -0.4 is 0 Å². The summed E-state index contributed by atoms with van der Waals surface area (Å²) in [4.78, 5) is 21.1. The van der Waals surface area contributed by atoms with E-state index in [4.69, 9.17) is 15.4 Å². The fourth-order valence-electron chi connectivity index (χ4n) is 1.43. The highest BCUT2D eigenvalue weighted by molar-refractivity contribution is 5.74. The van der Waals surface area contributed by atoms with Crippen LogP contribution in [-0.4, -0.2) is 45.5 Å². The average molecular weight is 189 g/mol. The van der Waals surface area contributed by atoms with Gasteiger partial charge in [0.25, 0.3) is 0 Å². The summed E-state index contributed by atoms with van der Waals surface area (Å²) in [6, 6.07) is 0. The van der Waals surface area contributed by atoms with E-state index in [9.17, 15) is 9.59 Å². The Hall–Kier alpha value is -1.14. The molecule has 3 N–H and O–H groups in total. The Labute approximate surface area is 74.3 Å². The number of hydrogen-bond donors (Lipinski definition) is 3. The first-order valence-electron chi connectivity index (χ1n) is 3.90. The number of carboxylic acids is 2. The SMILES string of the molecule is O=C(O)C1CC(C(=O)O)CN(O)C1. The van der Waals surface area contributed by atoms with E-state index < -0.39 is 23.8 Å². The van der Waals surface area contributed by atoms with Gasteiger partial charge in [-0.1, -0.05) is 0 Å². The van der Waals surface area contributed by atoms with Crippen molar-refractivity contribution in [3.63, 3.8) is 0 Å². The van der Waals surface area contributed by atoms with Gasteiger partial charge in [-0.2, -0.15) is 5.06 Å². The van der Waals surface area contributed by atoms with Crippen LogP contribution in [0.4, 0.5) is 0 Å². The minimum Gasteiger partial charge on any atom is -0.481 e. The third-order valence-corrected chi connectivity index (χ3v) is 2.13. The maximum Gasteiger partial charge on any atom is 0.307 e. The van der Waals surface area contributed by atoms with Crippen LogP contribution in [0.15, 0.2) is 0 Å². The lowest BCUT2D eigenvalue weighted by Gasteiger charge is -2.29. The molecule has 0 saturated carbocycles. The van der Waals surface area contributed by atoms with Crippen molar-refractivity contribution in [1.82, 2.24) is 5.06 Å². The Morgan fingerprint density at radius 2 is 1.46 bits per heavy atom. The molecule has 13 heavy (non-hydrogen) atoms. The minimum absolute atomic E-state index is 0.000880. The van der Waals surface area contributed by atoms with Gasteiger partial charge in [-0.3, -0.25) is 9.59 Å². The monoisotopic (exact) mass is 189 g/mol. The van der Waals surface area contributed by atoms with Crippen LogP contribution >= 0.6 is 0 Å². The number of piperidine rings is 1. The second kappa shape index (κ2) is 3.71. The molecule has 0 aromatic heterocycles. The van der Waals surface area contributed by atoms with Gasteiger partial charge in [-0.15, -0.1) is 0 Å². The van der Waals surface area contributed by atoms with E-state index in [0.717, 1.165) is 5.06 Å². The summed E-state index contributed by atoms with van der Waals surface area (Å²) in [5.41, 5.74) is 0. The molecule has 0 amide bonds. The number of carbonyl (C=O) groups is 2. The van der Waals surface area contributed by atoms with Crippen molar-refractivity contribution in [2.45, 2.75) is 6.42 Å². The van der Waals surface area contributed by atoms with Crippen LogP contribution in [0.2, 0.25) is 0 Å². The predicted molar refractivity (Wildman–Crippen MR) is 40.2 cm³/mol. The number of aliphatic carboxylic acids is 2. The number of nitrogens with zero attached hydrogens (tertiary/aromatic N) is 1. The topological polar surface area (TPSA) is 98.1 Å². The third kappa shape index (κ3) is 2.40. The van der Waals surface area contributed by atoms with Gasteiger partial charge in [0.2, 0.25) is 0 Å². The molecule has 74 valence electrons. The van der Waals surface area contributed by atoms with Gasteiger partial charge >= 0.3 is 11.9 Å². The van der Waals surface area contributed by atoms with Gasteiger partial charge in [0, 0.05) is 13.1 Å². The van der Waals surface area contributed by atoms with E-state index in [-0.39, 0.29) is 19.5 Å². The molecule has 2 atom stereocenters. The van der Waals surface area contributed by atoms with Gasteiger partial charge < -0.3 is 15.4 Å². The summed E-state index contributed by atoms with van der Waals surface area (Å²) in [5, 5.41) is 27.1. The molecule has 1 aliphatic heterocycles. The molecular weight excluding hydrogens is 178 g/mol. The summed E-state index contributed by atoms with van der Waals surface area (Å²) in [6.07, 6.45) is 0.0850. The molecule has 1 rings (SSSR count). The molecule has 1 fully saturated rings. The Morgan fingerprint density at radius 1 is 1.08 bits per heavy atom. The number of carboxylic acid groups (broad SMARTS) is 2. The van der Waals surface area contributed by atoms with Crippen molar-refractivity contribution in [3.05, 3.63) is 0 Å². The van der Waals surface area contributed by atoms with Crippen molar-refractivity contribution >= 4 is 11.9 Å². The largest absolute Gasteiger partial charge is 0.481 e. The smallest absolute Gasteiger partial charge is 0.307 e. The Balaban J connectivity index is 2.62. The first kappa shape index (κ1) is 9.94. The van der Waals surface area contributed by atoms with Crippen LogP contribution in [0.1, 0.15) is 6.42 Å². The van der Waals surface area contributed by atoms with Gasteiger partial charge in [0.15, 0.2) is 0 Å². The van der Waals surface area contributed by atoms with Crippen LogP contribution in [0, 0.1) is 11.8 Å². The summed E-state index contributed by atoms with van der Waals surface area (Å²) >= 11 is 0. The molecule has 6 heteroatoms. The van der Waals surface area contributed by atoms with E-state index in [0.29, 0.717) is 0 Å². The zero-order valence-electron chi connectivity index (χ0n) is 6.88. The highest BCUT2D eigenvalue weighted by Gasteiger charge is 2.34. The molecule has 0 bridgehead atoms. The normalized spacial score (nSPS) is 29.9. The second-order valence-electron chi connectivity index (χ2n) is 3.18. The van der Waals surface area contributed by atoms with Crippen molar-refractivity contribution in [1.29, 1.82) is 0 Å². The molecule has 0 spiro atoms. The fraction of sp³-hybridized carbons (Fsp3) is 0.714. The molecule has 0 aliphatic carbocycles. The van der Waals surface area contributed by atoms with Crippen LogP contribution in [0.5, 0.6) is 0 Å². The molecule has 1 heterocycles. The maximum absolute atomic E-state index is 10.5. The van der Waals surface area contributed by atoms with Crippen LogP contribution in [0.25, 0.3) is 0 Å². The predicted octanol–water partition coefficient (Wildman–Crippen LogP) is -0.517. The standard InChI is InChI=1S/C7H11NO5/c9-6(10)4-1-5(7(11)12)3-8(13)2-4/h4-5,13H,1-3H2,(H,9,10)(H,11,12). The first-order valence-corrected chi connectivity index (χ1v) is 3.90. The minimum atomic E-state index is -1.06. The van der Waals surface area contributed by atoms with Crippen molar-refractivity contribution in [3.8, 4) is 0 Å². The molecular formula is C7H11NO5. The van der Waals surface area contributed by atoms with E-state index >= 15 is 0 Å². The highest BCUT2D eigenvalue weighted by Crippen LogP contribution is 2.20. The van der Waals surface area contributed by atoms with Crippen molar-refractivity contribution in [2.24, 2.45) is 11.8 Å². The summed E-state index contributed by atoms with van der Waals surface area (Å²) in [5.74, 6) is -3.71. The molecule has 0 radical (unpaired) electrons. The lowest BCUT2D eigenvalue weighted by molar-refractivity contribution is -0.171. The lowest BCUT2D eigenvalue weighted by atomic mass is 9.90. The molecule has 2 unspecified atom stereocenters. The Morgan fingerprint density at radius 3 is 1.77 bits per heavy atom. The molecule has 6 nitrogen and oxygen atoms in total. The molecule has 0 aromatic carbocycles. The van der Waals surface area contributed by atoms with Gasteiger partial charge in [0.1, 0.15) is 0 Å². The summed E-state index contributed by atoms with van der Waals surface area (Å²) < 4.78 is 0. The first-order chi connectivity index (χ1) is 6.00. The van der Waals surface area contributed by atoms with Crippen LogP contribution in [0.3, 0.4) is 0 Å². The van der Waals surface area contributed by atoms with Gasteiger partial charge in [-0.25, -0.2) is 0 Å². The zero-order valence-corrected chi connectivity index (χ0v) is 6.88. The van der Waals surface area contributed by atoms with Crippen molar-refractivity contribution < 1.29 is 25.0 Å². The molecule has 1 saturated heterocycles. The third-order valence-electron chi connectivity index (χ3n) is 2.13. The quantitative estimate of drug-likeness (QED) is 0.540. The average Bonchev–Trinajstić information content (AvgIpc) is 2.03. The van der Waals surface area contributed by atoms with Gasteiger partial charge in [-0.05, 0) is 6.42 Å². The van der Waals surface area contributed by atoms with Gasteiger partial charge in [0.05, 0.1) is 11.8 Å². The highest BCUT2D eigenvalue weighted by atomic mass is 16.5. The summed E-state index contributed by atoms with van der Waals surface area (Å²) in [6.45, 7) is -0.00176. The van der Waals surface area contributed by atoms with E-state index in [2.05, 4.69) is 0 Å². The molecule has 0 aromatic rings. The summed E-state index contributed by atoms with van der Waals surface area (Å²) in [7, 11) is 0. The zero-order chi connectivity index (χ0) is 10.0. The van der Waals surface area contributed by atoms with E-state index in [1.165, 1.54) is 0 Å². The Kier molecular flexibility index (Phi) is 2.84. The number of hydrogen-bond acceptors (Lipinski definition) is 4. The number of rotatable bonds is 2. The molecule has 1 aliphatic rings. The van der Waals surface area contributed by atoms with Crippen LogP contribution in [-0.2, 0) is 9.59 Å². The fourth-order valence-corrected chi connectivity index (χ4v) is 1.43. The number of hydroxylamine groups is 2. The second-order valence-corrected chi connectivity index (χ2v) is 3.18. The van der Waals surface area contributed by atoms with E-state index in [1.807, 2.05) is 0 Å². The maximum atomic E-state index is 10.5. The Bertz CT molecular complexity index is 207.